The maximum atomic E-state index is 13.1. The van der Waals surface area contributed by atoms with E-state index in [1.807, 2.05) is 61.5 Å². The minimum atomic E-state index is -0.110. The van der Waals surface area contributed by atoms with Crippen LogP contribution in [-0.2, 0) is 0 Å². The molecule has 0 N–H and O–H groups in total. The van der Waals surface area contributed by atoms with Crippen molar-refractivity contribution in [1.29, 1.82) is 0 Å². The van der Waals surface area contributed by atoms with E-state index < -0.39 is 0 Å². The van der Waals surface area contributed by atoms with Crippen molar-refractivity contribution in [3.8, 4) is 22.6 Å². The van der Waals surface area contributed by atoms with Crippen LogP contribution in [0.1, 0.15) is 5.82 Å². The Morgan fingerprint density at radius 2 is 1.70 bits per heavy atom. The lowest BCUT2D eigenvalue weighted by molar-refractivity contribution is 0.415. The molecule has 3 aromatic carbocycles. The van der Waals surface area contributed by atoms with Crippen LogP contribution >= 0.6 is 11.6 Å². The predicted octanol–water partition coefficient (Wildman–Crippen LogP) is 5.02. The molecule has 0 aliphatic carbocycles. The first kappa shape index (κ1) is 17.3. The molecule has 0 radical (unpaired) electrons. The van der Waals surface area contributed by atoms with E-state index in [1.165, 1.54) is 0 Å². The zero-order valence-electron chi connectivity index (χ0n) is 14.9. The molecular weight excluding hydrogens is 360 g/mol. The molecule has 0 atom stereocenters. The standard InChI is InChI=1S/C22H17ClN2O2/c1-14-24-21-12-16(15-6-9-19(27-2)10-7-15)8-11-20(21)22(26)25(14)18-5-3-4-17(23)13-18/h3-13H,1-2H3. The van der Waals surface area contributed by atoms with Crippen molar-refractivity contribution in [2.24, 2.45) is 0 Å². The van der Waals surface area contributed by atoms with Gasteiger partial charge in [0.05, 0.1) is 23.7 Å². The molecule has 0 fully saturated rings. The molecule has 0 bridgehead atoms. The van der Waals surface area contributed by atoms with Crippen LogP contribution in [0.3, 0.4) is 0 Å². The van der Waals surface area contributed by atoms with Gasteiger partial charge in [0, 0.05) is 5.02 Å². The summed E-state index contributed by atoms with van der Waals surface area (Å²) in [4.78, 5) is 17.7. The van der Waals surface area contributed by atoms with Gasteiger partial charge in [0.1, 0.15) is 11.6 Å². The first-order chi connectivity index (χ1) is 13.1. The maximum absolute atomic E-state index is 13.1. The summed E-state index contributed by atoms with van der Waals surface area (Å²) in [7, 11) is 1.64. The highest BCUT2D eigenvalue weighted by molar-refractivity contribution is 6.30. The number of aryl methyl sites for hydroxylation is 1. The van der Waals surface area contributed by atoms with Crippen LogP contribution in [0.5, 0.6) is 5.75 Å². The molecule has 4 aromatic rings. The Morgan fingerprint density at radius 1 is 0.963 bits per heavy atom. The van der Waals surface area contributed by atoms with Gasteiger partial charge in [0.15, 0.2) is 0 Å². The fraction of sp³-hybridized carbons (Fsp3) is 0.0909. The molecule has 0 unspecified atom stereocenters. The summed E-state index contributed by atoms with van der Waals surface area (Å²) in [5.74, 6) is 1.42. The fourth-order valence-electron chi connectivity index (χ4n) is 3.18. The lowest BCUT2D eigenvalue weighted by Crippen LogP contribution is -2.22. The Morgan fingerprint density at radius 3 is 2.41 bits per heavy atom. The number of aromatic nitrogens is 2. The highest BCUT2D eigenvalue weighted by Gasteiger charge is 2.11. The Kier molecular flexibility index (Phi) is 4.42. The van der Waals surface area contributed by atoms with Gasteiger partial charge >= 0.3 is 0 Å². The van der Waals surface area contributed by atoms with Crippen LogP contribution in [0.15, 0.2) is 71.5 Å². The minimum absolute atomic E-state index is 0.110. The zero-order chi connectivity index (χ0) is 19.0. The normalized spacial score (nSPS) is 10.9. The predicted molar refractivity (Wildman–Crippen MR) is 109 cm³/mol. The van der Waals surface area contributed by atoms with Crippen molar-refractivity contribution in [2.75, 3.05) is 7.11 Å². The van der Waals surface area contributed by atoms with Gasteiger partial charge in [-0.2, -0.15) is 0 Å². The number of hydrogen-bond donors (Lipinski definition) is 0. The monoisotopic (exact) mass is 376 g/mol. The number of rotatable bonds is 3. The second kappa shape index (κ2) is 6.89. The Hall–Kier alpha value is -3.11. The van der Waals surface area contributed by atoms with Crippen LogP contribution in [0, 0.1) is 6.92 Å². The molecule has 5 heteroatoms. The van der Waals surface area contributed by atoms with Gasteiger partial charge in [-0.3, -0.25) is 9.36 Å². The molecular formula is C22H17ClN2O2. The lowest BCUT2D eigenvalue weighted by atomic mass is 10.0. The largest absolute Gasteiger partial charge is 0.497 e. The van der Waals surface area contributed by atoms with Crippen molar-refractivity contribution in [2.45, 2.75) is 6.92 Å². The maximum Gasteiger partial charge on any atom is 0.265 e. The molecule has 0 saturated carbocycles. The third-order valence-corrected chi connectivity index (χ3v) is 4.76. The number of methoxy groups -OCH3 is 1. The Labute approximate surface area is 161 Å². The molecule has 0 spiro atoms. The van der Waals surface area contributed by atoms with E-state index in [0.717, 1.165) is 16.9 Å². The van der Waals surface area contributed by atoms with E-state index >= 15 is 0 Å². The van der Waals surface area contributed by atoms with Crippen LogP contribution in [0.4, 0.5) is 0 Å². The fourth-order valence-corrected chi connectivity index (χ4v) is 3.36. The van der Waals surface area contributed by atoms with E-state index in [-0.39, 0.29) is 5.56 Å². The summed E-state index contributed by atoms with van der Waals surface area (Å²) in [5, 5.41) is 1.14. The first-order valence-corrected chi connectivity index (χ1v) is 8.88. The number of nitrogens with zero attached hydrogens (tertiary/aromatic N) is 2. The number of benzene rings is 3. The van der Waals surface area contributed by atoms with Gasteiger partial charge in [0.25, 0.3) is 5.56 Å². The SMILES string of the molecule is COc1ccc(-c2ccc3c(=O)n(-c4cccc(Cl)c4)c(C)nc3c2)cc1. The van der Waals surface area contributed by atoms with Gasteiger partial charge in [-0.05, 0) is 60.5 Å². The first-order valence-electron chi connectivity index (χ1n) is 8.50. The quantitative estimate of drug-likeness (QED) is 0.504. The summed E-state index contributed by atoms with van der Waals surface area (Å²) < 4.78 is 6.79. The van der Waals surface area contributed by atoms with Crippen molar-refractivity contribution >= 4 is 22.5 Å². The third-order valence-electron chi connectivity index (χ3n) is 4.53. The smallest absolute Gasteiger partial charge is 0.265 e. The molecule has 27 heavy (non-hydrogen) atoms. The highest BCUT2D eigenvalue weighted by Crippen LogP contribution is 2.25. The summed E-state index contributed by atoms with van der Waals surface area (Å²) in [6.45, 7) is 1.82. The van der Waals surface area contributed by atoms with Gasteiger partial charge < -0.3 is 4.74 Å². The second-order valence-electron chi connectivity index (χ2n) is 6.24. The molecule has 0 aliphatic heterocycles. The van der Waals surface area contributed by atoms with Crippen molar-refractivity contribution in [3.05, 3.63) is 87.9 Å². The third kappa shape index (κ3) is 3.20. The van der Waals surface area contributed by atoms with Crippen molar-refractivity contribution in [1.82, 2.24) is 9.55 Å². The molecule has 0 saturated heterocycles. The average Bonchev–Trinajstić information content (AvgIpc) is 2.68. The molecule has 4 nitrogen and oxygen atoms in total. The minimum Gasteiger partial charge on any atom is -0.497 e. The van der Waals surface area contributed by atoms with Crippen LogP contribution < -0.4 is 10.3 Å². The summed E-state index contributed by atoms with van der Waals surface area (Å²) >= 11 is 6.08. The highest BCUT2D eigenvalue weighted by atomic mass is 35.5. The lowest BCUT2D eigenvalue weighted by Gasteiger charge is -2.12. The van der Waals surface area contributed by atoms with Gasteiger partial charge in [-0.25, -0.2) is 4.98 Å². The summed E-state index contributed by atoms with van der Waals surface area (Å²) in [6.07, 6.45) is 0. The molecule has 4 rings (SSSR count). The van der Waals surface area contributed by atoms with E-state index in [4.69, 9.17) is 16.3 Å². The van der Waals surface area contributed by atoms with E-state index in [2.05, 4.69) is 4.98 Å². The number of ether oxygens (including phenoxy) is 1. The van der Waals surface area contributed by atoms with Crippen LogP contribution in [-0.4, -0.2) is 16.7 Å². The van der Waals surface area contributed by atoms with Crippen molar-refractivity contribution in [3.63, 3.8) is 0 Å². The molecule has 1 aromatic heterocycles. The number of hydrogen-bond acceptors (Lipinski definition) is 3. The summed E-state index contributed by atoms with van der Waals surface area (Å²) in [6, 6.07) is 20.7. The second-order valence-corrected chi connectivity index (χ2v) is 6.68. The topological polar surface area (TPSA) is 44.1 Å². The van der Waals surface area contributed by atoms with Crippen molar-refractivity contribution < 1.29 is 4.74 Å². The van der Waals surface area contributed by atoms with Crippen LogP contribution in [0.25, 0.3) is 27.7 Å². The molecule has 134 valence electrons. The van der Waals surface area contributed by atoms with Gasteiger partial charge in [-0.1, -0.05) is 35.9 Å². The average molecular weight is 377 g/mol. The van der Waals surface area contributed by atoms with Gasteiger partial charge in [-0.15, -0.1) is 0 Å². The molecule has 1 heterocycles. The van der Waals surface area contributed by atoms with Gasteiger partial charge in [0.2, 0.25) is 0 Å². The number of halogens is 1. The number of fused-ring (bicyclic) bond motifs is 1. The van der Waals surface area contributed by atoms with E-state index in [0.29, 0.717) is 27.4 Å². The zero-order valence-corrected chi connectivity index (χ0v) is 15.7. The molecule has 0 aliphatic rings. The Bertz CT molecular complexity index is 1200. The van der Waals surface area contributed by atoms with E-state index in [9.17, 15) is 4.79 Å². The summed E-state index contributed by atoms with van der Waals surface area (Å²) in [5.41, 5.74) is 3.30. The van der Waals surface area contributed by atoms with Crippen LogP contribution in [0.2, 0.25) is 5.02 Å². The molecule has 0 amide bonds. The van der Waals surface area contributed by atoms with E-state index in [1.54, 1.807) is 23.8 Å². The Balaban J connectivity index is 1.86.